The van der Waals surface area contributed by atoms with Gasteiger partial charge in [-0.3, -0.25) is 0 Å². The van der Waals surface area contributed by atoms with E-state index in [9.17, 15) is 0 Å². The molecule has 3 nitrogen and oxygen atoms in total. The van der Waals surface area contributed by atoms with Crippen LogP contribution in [0.15, 0.2) is 6.07 Å². The third kappa shape index (κ3) is 3.52. The van der Waals surface area contributed by atoms with Crippen LogP contribution in [0.4, 0.5) is 0 Å². The predicted octanol–water partition coefficient (Wildman–Crippen LogP) is 3.19. The van der Waals surface area contributed by atoms with Crippen molar-refractivity contribution in [2.45, 2.75) is 58.9 Å². The zero-order chi connectivity index (χ0) is 13.0. The first-order valence-corrected chi connectivity index (χ1v) is 7.24. The van der Waals surface area contributed by atoms with E-state index in [1.165, 1.54) is 25.7 Å². The van der Waals surface area contributed by atoms with Gasteiger partial charge in [-0.25, -0.2) is 9.97 Å². The summed E-state index contributed by atoms with van der Waals surface area (Å²) in [5.74, 6) is 2.48. The summed E-state index contributed by atoms with van der Waals surface area (Å²) < 4.78 is 0. The lowest BCUT2D eigenvalue weighted by atomic mass is 9.82. The molecule has 0 saturated heterocycles. The van der Waals surface area contributed by atoms with E-state index in [0.717, 1.165) is 36.2 Å². The lowest BCUT2D eigenvalue weighted by Gasteiger charge is -2.26. The van der Waals surface area contributed by atoms with Gasteiger partial charge in [0.2, 0.25) is 0 Å². The summed E-state index contributed by atoms with van der Waals surface area (Å²) >= 11 is 0. The van der Waals surface area contributed by atoms with E-state index in [1.54, 1.807) is 0 Å². The quantitative estimate of drug-likeness (QED) is 0.888. The molecule has 1 aromatic heterocycles. The molecule has 3 heteroatoms. The van der Waals surface area contributed by atoms with Crippen molar-refractivity contribution in [1.29, 1.82) is 0 Å². The Morgan fingerprint density at radius 2 is 2.17 bits per heavy atom. The average molecular weight is 247 g/mol. The standard InChI is InChI=1S/C15H25N3/c1-4-16-10-14-9-12(3)17-15(18-14)13-7-5-6-11(2)8-13/h9,11,13,16H,4-8,10H2,1-3H3. The van der Waals surface area contributed by atoms with Gasteiger partial charge in [-0.05, 0) is 38.3 Å². The molecule has 1 aliphatic rings. The number of aryl methyl sites for hydroxylation is 1. The van der Waals surface area contributed by atoms with Gasteiger partial charge in [0.15, 0.2) is 0 Å². The summed E-state index contributed by atoms with van der Waals surface area (Å²) in [5, 5.41) is 3.34. The van der Waals surface area contributed by atoms with Crippen LogP contribution in [-0.4, -0.2) is 16.5 Å². The van der Waals surface area contributed by atoms with Crippen molar-refractivity contribution in [1.82, 2.24) is 15.3 Å². The van der Waals surface area contributed by atoms with Crippen LogP contribution in [-0.2, 0) is 6.54 Å². The maximum atomic E-state index is 4.76. The molecular formula is C15H25N3. The highest BCUT2D eigenvalue weighted by Gasteiger charge is 2.22. The van der Waals surface area contributed by atoms with Crippen molar-refractivity contribution in [3.05, 3.63) is 23.3 Å². The normalized spacial score (nSPS) is 24.2. The molecule has 1 fully saturated rings. The third-order valence-electron chi connectivity index (χ3n) is 3.78. The molecule has 1 heterocycles. The van der Waals surface area contributed by atoms with Crippen LogP contribution in [0.25, 0.3) is 0 Å². The smallest absolute Gasteiger partial charge is 0.131 e. The van der Waals surface area contributed by atoms with Gasteiger partial charge in [0.1, 0.15) is 5.82 Å². The van der Waals surface area contributed by atoms with Crippen LogP contribution in [0.2, 0.25) is 0 Å². The first kappa shape index (κ1) is 13.5. The number of rotatable bonds is 4. The Morgan fingerprint density at radius 3 is 2.89 bits per heavy atom. The number of nitrogens with one attached hydrogen (secondary N) is 1. The highest BCUT2D eigenvalue weighted by Crippen LogP contribution is 2.34. The molecule has 0 aliphatic heterocycles. The SMILES string of the molecule is CCNCc1cc(C)nc(C2CCCC(C)C2)n1. The van der Waals surface area contributed by atoms with Gasteiger partial charge in [-0.1, -0.05) is 26.7 Å². The summed E-state index contributed by atoms with van der Waals surface area (Å²) in [6, 6.07) is 2.10. The van der Waals surface area contributed by atoms with Crippen LogP contribution in [0, 0.1) is 12.8 Å². The van der Waals surface area contributed by atoms with Crippen molar-refractivity contribution < 1.29 is 0 Å². The summed E-state index contributed by atoms with van der Waals surface area (Å²) in [7, 11) is 0. The minimum absolute atomic E-state index is 0.578. The molecule has 0 amide bonds. The number of aromatic nitrogens is 2. The highest BCUT2D eigenvalue weighted by atomic mass is 14.9. The second-order valence-electron chi connectivity index (χ2n) is 5.61. The molecule has 0 spiro atoms. The van der Waals surface area contributed by atoms with Crippen molar-refractivity contribution in [3.63, 3.8) is 0 Å². The molecule has 1 saturated carbocycles. The summed E-state index contributed by atoms with van der Waals surface area (Å²) in [5.41, 5.74) is 2.24. The maximum absolute atomic E-state index is 4.76. The second-order valence-corrected chi connectivity index (χ2v) is 5.61. The fraction of sp³-hybridized carbons (Fsp3) is 0.733. The van der Waals surface area contributed by atoms with Crippen LogP contribution in [0.3, 0.4) is 0 Å². The van der Waals surface area contributed by atoms with Gasteiger partial charge < -0.3 is 5.32 Å². The lowest BCUT2D eigenvalue weighted by Crippen LogP contribution is -2.18. The van der Waals surface area contributed by atoms with E-state index >= 15 is 0 Å². The highest BCUT2D eigenvalue weighted by molar-refractivity contribution is 5.12. The van der Waals surface area contributed by atoms with Gasteiger partial charge in [0.05, 0.1) is 5.69 Å². The molecular weight excluding hydrogens is 222 g/mol. The van der Waals surface area contributed by atoms with Crippen molar-refractivity contribution >= 4 is 0 Å². The molecule has 2 unspecified atom stereocenters. The molecule has 1 N–H and O–H groups in total. The van der Waals surface area contributed by atoms with Crippen LogP contribution in [0.5, 0.6) is 0 Å². The Kier molecular flexibility index (Phi) is 4.70. The van der Waals surface area contributed by atoms with Gasteiger partial charge in [0.25, 0.3) is 0 Å². The van der Waals surface area contributed by atoms with Crippen LogP contribution in [0.1, 0.15) is 62.7 Å². The van der Waals surface area contributed by atoms with Crippen molar-refractivity contribution in [2.24, 2.45) is 5.92 Å². The topological polar surface area (TPSA) is 37.8 Å². The first-order valence-electron chi connectivity index (χ1n) is 7.24. The van der Waals surface area contributed by atoms with E-state index in [2.05, 4.69) is 37.1 Å². The Labute approximate surface area is 110 Å². The lowest BCUT2D eigenvalue weighted by molar-refractivity contribution is 0.334. The van der Waals surface area contributed by atoms with Crippen molar-refractivity contribution in [3.8, 4) is 0 Å². The van der Waals surface area contributed by atoms with Gasteiger partial charge >= 0.3 is 0 Å². The minimum Gasteiger partial charge on any atom is -0.311 e. The predicted molar refractivity (Wildman–Crippen MR) is 74.5 cm³/mol. The molecule has 1 aromatic rings. The van der Waals surface area contributed by atoms with Gasteiger partial charge in [0, 0.05) is 18.2 Å². The molecule has 2 atom stereocenters. The number of hydrogen-bond donors (Lipinski definition) is 1. The molecule has 2 rings (SSSR count). The Balaban J connectivity index is 2.13. The van der Waals surface area contributed by atoms with E-state index in [0.29, 0.717) is 5.92 Å². The third-order valence-corrected chi connectivity index (χ3v) is 3.78. The molecule has 0 radical (unpaired) electrons. The molecule has 1 aliphatic carbocycles. The summed E-state index contributed by atoms with van der Waals surface area (Å²) in [6.07, 6.45) is 5.21. The van der Waals surface area contributed by atoms with Crippen LogP contribution >= 0.6 is 0 Å². The fourth-order valence-electron chi connectivity index (χ4n) is 2.85. The molecule has 18 heavy (non-hydrogen) atoms. The van der Waals surface area contributed by atoms with Crippen molar-refractivity contribution in [2.75, 3.05) is 6.54 Å². The van der Waals surface area contributed by atoms with E-state index in [-0.39, 0.29) is 0 Å². The maximum Gasteiger partial charge on any atom is 0.131 e. The van der Waals surface area contributed by atoms with Gasteiger partial charge in [-0.15, -0.1) is 0 Å². The Bertz CT molecular complexity index is 389. The second kappa shape index (κ2) is 6.28. The Hall–Kier alpha value is -0.960. The number of hydrogen-bond acceptors (Lipinski definition) is 3. The molecule has 0 bridgehead atoms. The summed E-state index contributed by atoms with van der Waals surface area (Å²) in [6.45, 7) is 8.39. The van der Waals surface area contributed by atoms with Gasteiger partial charge in [-0.2, -0.15) is 0 Å². The minimum atomic E-state index is 0.578. The molecule has 0 aromatic carbocycles. The molecule has 100 valence electrons. The average Bonchev–Trinajstić information content (AvgIpc) is 2.36. The summed E-state index contributed by atoms with van der Waals surface area (Å²) in [4.78, 5) is 9.42. The fourth-order valence-corrected chi connectivity index (χ4v) is 2.85. The monoisotopic (exact) mass is 247 g/mol. The first-order chi connectivity index (χ1) is 8.69. The zero-order valence-corrected chi connectivity index (χ0v) is 11.9. The largest absolute Gasteiger partial charge is 0.311 e. The number of nitrogens with zero attached hydrogens (tertiary/aromatic N) is 2. The Morgan fingerprint density at radius 1 is 1.33 bits per heavy atom. The van der Waals surface area contributed by atoms with E-state index < -0.39 is 0 Å². The zero-order valence-electron chi connectivity index (χ0n) is 11.9. The van der Waals surface area contributed by atoms with E-state index in [4.69, 9.17) is 4.98 Å². The van der Waals surface area contributed by atoms with Crippen LogP contribution < -0.4 is 5.32 Å². The van der Waals surface area contributed by atoms with E-state index in [1.807, 2.05) is 0 Å².